The molecule has 0 atom stereocenters. The number of alkyl halides is 3. The molecule has 2 N–H and O–H groups in total. The summed E-state index contributed by atoms with van der Waals surface area (Å²) in [5.74, 6) is -0.924. The number of thioether (sulfide) groups is 1. The first-order valence-corrected chi connectivity index (χ1v) is 14.1. The van der Waals surface area contributed by atoms with Crippen molar-refractivity contribution in [2.45, 2.75) is 34.5 Å². The van der Waals surface area contributed by atoms with Crippen molar-refractivity contribution in [2.24, 2.45) is 0 Å². The molecule has 2 heterocycles. The Kier molecular flexibility index (Phi) is 8.38. The van der Waals surface area contributed by atoms with Crippen LogP contribution >= 0.6 is 11.8 Å². The average Bonchev–Trinajstić information content (AvgIpc) is 2.89. The number of benzene rings is 2. The highest BCUT2D eigenvalue weighted by Crippen LogP contribution is 2.38. The normalized spacial score (nSPS) is 19.5. The first-order chi connectivity index (χ1) is 17.5. The highest BCUT2D eigenvalue weighted by Gasteiger charge is 2.55. The predicted octanol–water partition coefficient (Wildman–Crippen LogP) is 3.29. The molecular weight excluding hydrogens is 529 g/mol. The topological polar surface area (TPSA) is 93.2 Å². The number of likely N-dealkylation sites (tertiary alicyclic amines) is 1. The van der Waals surface area contributed by atoms with Crippen LogP contribution in [-0.4, -0.2) is 78.3 Å². The molecule has 0 aromatic heterocycles. The summed E-state index contributed by atoms with van der Waals surface area (Å²) in [7, 11) is -4.11. The molecule has 2 aromatic rings. The lowest BCUT2D eigenvalue weighted by Crippen LogP contribution is -2.63. The van der Waals surface area contributed by atoms with E-state index in [4.69, 9.17) is 0 Å². The minimum atomic E-state index is -4.37. The van der Waals surface area contributed by atoms with E-state index in [1.807, 2.05) is 35.2 Å². The maximum atomic E-state index is 13.8. The van der Waals surface area contributed by atoms with Crippen molar-refractivity contribution < 1.29 is 31.6 Å². The number of hydrogen-bond donors (Lipinski definition) is 2. The molecule has 2 fully saturated rings. The maximum Gasteiger partial charge on any atom is 0.446 e. The number of sulfonamides is 1. The molecule has 0 aliphatic carbocycles. The number of amides is 1. The van der Waals surface area contributed by atoms with E-state index >= 15 is 0 Å². The molecule has 1 amide bonds. The van der Waals surface area contributed by atoms with E-state index in [0.29, 0.717) is 38.4 Å². The third-order valence-corrected chi connectivity index (χ3v) is 10.3. The monoisotopic (exact) mass is 558 g/mol. The molecule has 8 nitrogen and oxygen atoms in total. The van der Waals surface area contributed by atoms with E-state index in [0.717, 1.165) is 5.56 Å². The van der Waals surface area contributed by atoms with Gasteiger partial charge in [0.25, 0.3) is 5.91 Å². The van der Waals surface area contributed by atoms with E-state index in [1.165, 1.54) is 16.4 Å². The van der Waals surface area contributed by atoms with Crippen molar-refractivity contribution in [3.63, 3.8) is 0 Å². The van der Waals surface area contributed by atoms with Crippen LogP contribution in [0.25, 0.3) is 0 Å². The zero-order valence-electron chi connectivity index (χ0n) is 20.0. The fourth-order valence-electron chi connectivity index (χ4n) is 4.91. The number of piperidine rings is 1. The minimum Gasteiger partial charge on any atom is -0.369 e. The molecule has 0 unspecified atom stereocenters. The van der Waals surface area contributed by atoms with Crippen molar-refractivity contribution in [3.05, 3.63) is 60.2 Å². The van der Waals surface area contributed by atoms with Crippen molar-refractivity contribution in [1.29, 1.82) is 0 Å². The van der Waals surface area contributed by atoms with Gasteiger partial charge in [0, 0.05) is 56.4 Å². The third kappa shape index (κ3) is 6.23. The summed E-state index contributed by atoms with van der Waals surface area (Å²) >= 11 is -0.187. The van der Waals surface area contributed by atoms with Crippen LogP contribution < -0.4 is 10.4 Å². The lowest BCUT2D eigenvalue weighted by molar-refractivity contribution is -0.133. The molecule has 0 spiro atoms. The Hall–Kier alpha value is -2.32. The summed E-state index contributed by atoms with van der Waals surface area (Å²) in [5.41, 5.74) is -0.996. The van der Waals surface area contributed by atoms with Crippen molar-refractivity contribution in [1.82, 2.24) is 14.7 Å². The first-order valence-electron chi connectivity index (χ1n) is 11.9. The Balaban J connectivity index is 1.41. The Morgan fingerprint density at radius 2 is 1.54 bits per heavy atom. The zero-order chi connectivity index (χ0) is 26.7. The number of nitrogens with one attached hydrogen (secondary N) is 1. The number of nitrogens with zero attached hydrogens (tertiary/aromatic N) is 3. The van der Waals surface area contributed by atoms with Gasteiger partial charge in [0.1, 0.15) is 0 Å². The number of rotatable bonds is 7. The molecule has 0 saturated carbocycles. The average molecular weight is 559 g/mol. The van der Waals surface area contributed by atoms with Crippen LogP contribution in [0.3, 0.4) is 0 Å². The first kappa shape index (κ1) is 27.7. The van der Waals surface area contributed by atoms with Gasteiger partial charge < -0.3 is 4.90 Å². The number of carbonyl (C=O) groups excluding carboxylic acids is 1. The molecule has 37 heavy (non-hydrogen) atoms. The van der Waals surface area contributed by atoms with Gasteiger partial charge in [0.05, 0.1) is 0 Å². The Labute approximate surface area is 218 Å². The van der Waals surface area contributed by atoms with E-state index < -0.39 is 26.2 Å². The molecule has 13 heteroatoms. The summed E-state index contributed by atoms with van der Waals surface area (Å²) in [5, 5.41) is 9.42. The summed E-state index contributed by atoms with van der Waals surface area (Å²) in [6.07, 6.45) is 0.0974. The number of hydrogen-bond acceptors (Lipinski definition) is 7. The number of halogens is 3. The second-order valence-electron chi connectivity index (χ2n) is 9.13. The molecule has 2 aliphatic rings. The van der Waals surface area contributed by atoms with Crippen LogP contribution in [0.1, 0.15) is 18.4 Å². The Bertz CT molecular complexity index is 1160. The predicted molar refractivity (Wildman–Crippen MR) is 135 cm³/mol. The molecule has 202 valence electrons. The SMILES string of the molecule is O=C(NO)C1(S(=O)(=O)N2CCN(c3ccc(SC(F)(F)F)cc3)CC2)CCN(Cc2ccccc2)CC1. The van der Waals surface area contributed by atoms with Crippen molar-refractivity contribution >= 4 is 33.4 Å². The van der Waals surface area contributed by atoms with Gasteiger partial charge in [0.2, 0.25) is 10.0 Å². The van der Waals surface area contributed by atoms with Gasteiger partial charge in [-0.3, -0.25) is 14.9 Å². The number of anilines is 1. The summed E-state index contributed by atoms with van der Waals surface area (Å²) in [4.78, 5) is 16.8. The number of piperazine rings is 1. The van der Waals surface area contributed by atoms with E-state index in [9.17, 15) is 31.6 Å². The van der Waals surface area contributed by atoms with Gasteiger partial charge in [0.15, 0.2) is 4.75 Å². The molecule has 0 radical (unpaired) electrons. The quantitative estimate of drug-likeness (QED) is 0.306. The van der Waals surface area contributed by atoms with Crippen molar-refractivity contribution in [3.8, 4) is 0 Å². The van der Waals surface area contributed by atoms with Crippen LogP contribution in [0.4, 0.5) is 18.9 Å². The second-order valence-corrected chi connectivity index (χ2v) is 12.5. The lowest BCUT2D eigenvalue weighted by atomic mass is 9.94. The highest BCUT2D eigenvalue weighted by atomic mass is 32.2. The van der Waals surface area contributed by atoms with Crippen molar-refractivity contribution in [2.75, 3.05) is 44.2 Å². The highest BCUT2D eigenvalue weighted by molar-refractivity contribution is 8.00. The maximum absolute atomic E-state index is 13.8. The third-order valence-electron chi connectivity index (χ3n) is 6.94. The van der Waals surface area contributed by atoms with Gasteiger partial charge in [-0.25, -0.2) is 13.9 Å². The zero-order valence-corrected chi connectivity index (χ0v) is 21.7. The largest absolute Gasteiger partial charge is 0.446 e. The molecule has 2 saturated heterocycles. The van der Waals surface area contributed by atoms with E-state index in [1.54, 1.807) is 17.6 Å². The smallest absolute Gasteiger partial charge is 0.369 e. The molecule has 2 aromatic carbocycles. The summed E-state index contributed by atoms with van der Waals surface area (Å²) in [6.45, 7) is 2.28. The van der Waals surface area contributed by atoms with Crippen LogP contribution in [0.2, 0.25) is 0 Å². The van der Waals surface area contributed by atoms with Crippen LogP contribution in [0.5, 0.6) is 0 Å². The standard InChI is InChI=1S/C24H29F3N4O4S2/c25-24(26,27)36-21-8-6-20(7-9-21)30-14-16-31(17-15-30)37(34,35)23(22(32)28-33)10-12-29(13-11-23)18-19-4-2-1-3-5-19/h1-9,33H,10-18H2,(H,28,32). The van der Waals surface area contributed by atoms with E-state index in [-0.39, 0.29) is 42.6 Å². The Morgan fingerprint density at radius 3 is 2.08 bits per heavy atom. The Morgan fingerprint density at radius 1 is 0.946 bits per heavy atom. The molecule has 4 rings (SSSR count). The fraction of sp³-hybridized carbons (Fsp3) is 0.458. The van der Waals surface area contributed by atoms with Gasteiger partial charge in [-0.05, 0) is 54.4 Å². The molecule has 2 aliphatic heterocycles. The van der Waals surface area contributed by atoms with Gasteiger partial charge >= 0.3 is 5.51 Å². The van der Waals surface area contributed by atoms with Crippen LogP contribution in [-0.2, 0) is 21.4 Å². The molecular formula is C24H29F3N4O4S2. The second kappa shape index (κ2) is 11.2. The minimum absolute atomic E-state index is 0.0487. The number of hydroxylamine groups is 1. The van der Waals surface area contributed by atoms with Gasteiger partial charge in [-0.1, -0.05) is 30.3 Å². The number of carbonyl (C=O) groups is 1. The lowest BCUT2D eigenvalue weighted by Gasteiger charge is -2.44. The van der Waals surface area contributed by atoms with Gasteiger partial charge in [-0.15, -0.1) is 0 Å². The summed E-state index contributed by atoms with van der Waals surface area (Å²) < 4.78 is 64.8. The molecule has 0 bridgehead atoms. The van der Waals surface area contributed by atoms with Gasteiger partial charge in [-0.2, -0.15) is 17.5 Å². The van der Waals surface area contributed by atoms with E-state index in [2.05, 4.69) is 4.90 Å². The van der Waals surface area contributed by atoms with Crippen LogP contribution in [0, 0.1) is 0 Å². The summed E-state index contributed by atoms with van der Waals surface area (Å²) in [6, 6.07) is 15.7. The fourth-order valence-corrected chi connectivity index (χ4v) is 7.57. The van der Waals surface area contributed by atoms with Crippen LogP contribution in [0.15, 0.2) is 59.5 Å².